The Bertz CT molecular complexity index is 1240. The van der Waals surface area contributed by atoms with E-state index in [9.17, 15) is 22.6 Å². The van der Waals surface area contributed by atoms with Gasteiger partial charge in [-0.25, -0.2) is 18.0 Å². The van der Waals surface area contributed by atoms with Crippen LogP contribution in [-0.4, -0.2) is 38.1 Å². The van der Waals surface area contributed by atoms with Gasteiger partial charge in [0, 0.05) is 0 Å². The molecular weight excluding hydrogens is 736 g/mol. The van der Waals surface area contributed by atoms with Crippen LogP contribution in [0.5, 0.6) is 0 Å². The first-order valence-electron chi connectivity index (χ1n) is 22.1. The quantitative estimate of drug-likeness (QED) is 0.0216. The van der Waals surface area contributed by atoms with Crippen LogP contribution < -0.4 is 51.4 Å². The van der Waals surface area contributed by atoms with Crippen molar-refractivity contribution in [2.45, 2.75) is 211 Å². The van der Waals surface area contributed by atoms with Gasteiger partial charge in [0.25, 0.3) is 0 Å². The molecule has 1 rings (SSSR count). The molecule has 0 bridgehead atoms. The number of esters is 2. The van der Waals surface area contributed by atoms with Crippen molar-refractivity contribution in [3.8, 4) is 0 Å². The van der Waals surface area contributed by atoms with E-state index in [0.717, 1.165) is 44.6 Å². The van der Waals surface area contributed by atoms with Crippen LogP contribution in [0.1, 0.15) is 227 Å². The van der Waals surface area contributed by atoms with Gasteiger partial charge in [-0.3, -0.25) is 0 Å². The molecule has 0 saturated carbocycles. The van der Waals surface area contributed by atoms with E-state index in [1.165, 1.54) is 153 Å². The number of hydrogen-bond acceptors (Lipinski definition) is 7. The Morgan fingerprint density at radius 2 is 0.836 bits per heavy atom. The molecule has 0 radical (unpaired) electrons. The Hall–Kier alpha value is -0.814. The van der Waals surface area contributed by atoms with E-state index in [2.05, 4.69) is 38.2 Å². The zero-order valence-corrected chi connectivity index (χ0v) is 39.4. The van der Waals surface area contributed by atoms with Crippen molar-refractivity contribution in [2.75, 3.05) is 13.2 Å². The van der Waals surface area contributed by atoms with Gasteiger partial charge in [0.05, 0.1) is 29.2 Å². The minimum atomic E-state index is -5.01. The van der Waals surface area contributed by atoms with E-state index in [1.807, 2.05) is 0 Å². The van der Waals surface area contributed by atoms with Crippen LogP contribution in [0.15, 0.2) is 47.4 Å². The number of unbranched alkanes of at least 4 members (excludes halogenated alkanes) is 26. The largest absolute Gasteiger partial charge is 1.00 e. The molecule has 1 aromatic rings. The summed E-state index contributed by atoms with van der Waals surface area (Å²) in [4.78, 5) is 25.2. The maximum absolute atomic E-state index is 13.0. The number of carbonyl (C=O) groups is 2. The van der Waals surface area contributed by atoms with Gasteiger partial charge >= 0.3 is 63.3 Å². The SMILES string of the molecule is CCC/C=C/CCCCCCCCCCCCCCOC(=O)c1cccc(S(=O)(=O)[O-])c1C(=O)OCCCCCCCCCCCCCC/C=C/CCC.[K+]. The van der Waals surface area contributed by atoms with Crippen LogP contribution in [0, 0.1) is 0 Å². The third-order valence-electron chi connectivity index (χ3n) is 9.96. The van der Waals surface area contributed by atoms with Gasteiger partial charge in [-0.05, 0) is 63.5 Å². The number of carbonyl (C=O) groups excluding carboxylic acids is 2. The van der Waals surface area contributed by atoms with Crippen molar-refractivity contribution in [3.63, 3.8) is 0 Å². The molecule has 0 unspecified atom stereocenters. The standard InChI is InChI=1S/C46H78O7S.K/c1-3-5-7-9-11-13-15-17-19-21-23-25-27-29-31-33-35-40-52-45(47)42-38-37-39-43(54(49,50)51)44(42)46(48)53-41-36-34-32-30-28-26-24-22-20-18-16-14-12-10-8-6-4-2;/h7-10,37-39H,3-6,11-36,40-41H2,1-2H3,(H,49,50,51);/q;+1/p-1/b9-7+,10-8+;. The number of allylic oxidation sites excluding steroid dienone is 4. The Kier molecular flexibility index (Phi) is 38.1. The molecule has 0 amide bonds. The monoisotopic (exact) mass is 813 g/mol. The van der Waals surface area contributed by atoms with E-state index in [1.54, 1.807) is 0 Å². The van der Waals surface area contributed by atoms with Crippen molar-refractivity contribution >= 4 is 22.1 Å². The van der Waals surface area contributed by atoms with Crippen LogP contribution in [0.4, 0.5) is 0 Å². The first-order chi connectivity index (χ1) is 26.3. The Balaban J connectivity index is 0.0000292. The Morgan fingerprint density at radius 3 is 1.20 bits per heavy atom. The molecule has 0 fully saturated rings. The molecule has 0 aliphatic rings. The molecule has 0 saturated heterocycles. The molecule has 0 aliphatic carbocycles. The summed E-state index contributed by atoms with van der Waals surface area (Å²) < 4.78 is 46.7. The molecular formula is C46H77KO7S. The van der Waals surface area contributed by atoms with Gasteiger partial charge < -0.3 is 14.0 Å². The molecule has 0 heterocycles. The third kappa shape index (κ3) is 30.9. The molecule has 0 N–H and O–H groups in total. The molecule has 0 atom stereocenters. The van der Waals surface area contributed by atoms with Crippen molar-refractivity contribution < 1.29 is 83.4 Å². The number of ether oxygens (including phenoxy) is 2. The van der Waals surface area contributed by atoms with E-state index in [-0.39, 0.29) is 70.2 Å². The topological polar surface area (TPSA) is 110 Å². The van der Waals surface area contributed by atoms with Crippen molar-refractivity contribution in [2.24, 2.45) is 0 Å². The molecule has 55 heavy (non-hydrogen) atoms. The van der Waals surface area contributed by atoms with Crippen LogP contribution >= 0.6 is 0 Å². The predicted molar refractivity (Wildman–Crippen MR) is 223 cm³/mol. The van der Waals surface area contributed by atoms with Gasteiger partial charge in [0.2, 0.25) is 0 Å². The molecule has 1 aromatic carbocycles. The maximum Gasteiger partial charge on any atom is 1.00 e. The van der Waals surface area contributed by atoms with Gasteiger partial charge in [0.15, 0.2) is 0 Å². The summed E-state index contributed by atoms with van der Waals surface area (Å²) in [5.74, 6) is -1.81. The molecule has 0 aromatic heterocycles. The first kappa shape index (κ1) is 54.2. The van der Waals surface area contributed by atoms with Crippen molar-refractivity contribution in [1.29, 1.82) is 0 Å². The summed E-state index contributed by atoms with van der Waals surface area (Å²) in [6.45, 7) is 4.67. The number of benzene rings is 1. The average Bonchev–Trinajstić information content (AvgIpc) is 3.16. The maximum atomic E-state index is 13.0. The normalized spacial score (nSPS) is 11.7. The van der Waals surface area contributed by atoms with E-state index < -0.39 is 32.5 Å². The fraction of sp³-hybridized carbons (Fsp3) is 0.739. The minimum absolute atomic E-state index is 0. The van der Waals surface area contributed by atoms with Crippen LogP contribution in [0.2, 0.25) is 0 Å². The fourth-order valence-electron chi connectivity index (χ4n) is 6.67. The summed E-state index contributed by atoms with van der Waals surface area (Å²) in [7, 11) is -5.01. The summed E-state index contributed by atoms with van der Waals surface area (Å²) >= 11 is 0. The zero-order valence-electron chi connectivity index (χ0n) is 35.4. The molecule has 7 nitrogen and oxygen atoms in total. The first-order valence-corrected chi connectivity index (χ1v) is 23.5. The second kappa shape index (κ2) is 38.7. The second-order valence-electron chi connectivity index (χ2n) is 15.0. The van der Waals surface area contributed by atoms with Gasteiger partial charge in [-0.2, -0.15) is 0 Å². The average molecular weight is 813 g/mol. The molecule has 0 aliphatic heterocycles. The summed E-state index contributed by atoms with van der Waals surface area (Å²) in [5.41, 5.74) is -0.777. The van der Waals surface area contributed by atoms with Gasteiger partial charge in [-0.1, -0.05) is 185 Å². The Labute approximate surface area is 380 Å². The number of rotatable bonds is 37. The molecule has 0 spiro atoms. The Morgan fingerprint density at radius 1 is 0.509 bits per heavy atom. The van der Waals surface area contributed by atoms with E-state index in [0.29, 0.717) is 12.8 Å². The fourth-order valence-corrected chi connectivity index (χ4v) is 7.36. The van der Waals surface area contributed by atoms with Gasteiger partial charge in [0.1, 0.15) is 10.1 Å². The smallest absolute Gasteiger partial charge is 0.744 e. The van der Waals surface area contributed by atoms with Crippen LogP contribution in [-0.2, 0) is 19.6 Å². The summed E-state index contributed by atoms with van der Waals surface area (Å²) in [6.07, 6.45) is 44.6. The summed E-state index contributed by atoms with van der Waals surface area (Å²) in [5, 5.41) is 0. The third-order valence-corrected chi connectivity index (χ3v) is 10.8. The second-order valence-corrected chi connectivity index (χ2v) is 16.3. The van der Waals surface area contributed by atoms with Gasteiger partial charge in [-0.15, -0.1) is 0 Å². The van der Waals surface area contributed by atoms with Crippen molar-refractivity contribution in [3.05, 3.63) is 53.6 Å². The van der Waals surface area contributed by atoms with Crippen LogP contribution in [0.3, 0.4) is 0 Å². The van der Waals surface area contributed by atoms with Crippen LogP contribution in [0.25, 0.3) is 0 Å². The van der Waals surface area contributed by atoms with E-state index in [4.69, 9.17) is 9.47 Å². The van der Waals surface area contributed by atoms with Crippen molar-refractivity contribution in [1.82, 2.24) is 0 Å². The molecule has 9 heteroatoms. The van der Waals surface area contributed by atoms with E-state index >= 15 is 0 Å². The minimum Gasteiger partial charge on any atom is -0.744 e. The predicted octanol–water partition coefficient (Wildman–Crippen LogP) is 10.8. The zero-order chi connectivity index (χ0) is 39.4. The molecule has 310 valence electrons. The number of hydrogen-bond donors (Lipinski definition) is 0. The summed E-state index contributed by atoms with van der Waals surface area (Å²) in [6, 6.07) is 3.63.